The number of carbonyl (C=O) groups excluding carboxylic acids is 1. The molecule has 0 fully saturated rings. The Bertz CT molecular complexity index is 255. The molecule has 5 heteroatoms. The van der Waals surface area contributed by atoms with Crippen molar-refractivity contribution >= 4 is 23.4 Å². The molecule has 0 aliphatic carbocycles. The number of thioether (sulfide) groups is 1. The highest BCUT2D eigenvalue weighted by atomic mass is 32.2. The van der Waals surface area contributed by atoms with E-state index < -0.39 is 0 Å². The number of hydrogen-bond donors (Lipinski definition) is 1. The fraction of sp³-hybridized carbons (Fsp3) is 0.800. The first kappa shape index (κ1) is 12.4. The molecule has 0 radical (unpaired) electrons. The van der Waals surface area contributed by atoms with Gasteiger partial charge in [0.05, 0.1) is 0 Å². The number of nitrogens with two attached hydrogens (primary N) is 1. The first-order valence-corrected chi connectivity index (χ1v) is 6.62. The highest BCUT2D eigenvalue weighted by molar-refractivity contribution is 7.98. The fourth-order valence-electron chi connectivity index (χ4n) is 1.72. The van der Waals surface area contributed by atoms with Crippen molar-refractivity contribution in [2.45, 2.75) is 19.8 Å². The SMILES string of the molecule is CSCCCC1=NN(CC(N)=O)CC1C. The molecule has 1 aliphatic rings. The quantitative estimate of drug-likeness (QED) is 0.689. The van der Waals surface area contributed by atoms with E-state index in [1.807, 2.05) is 11.8 Å². The Morgan fingerprint density at radius 3 is 3.07 bits per heavy atom. The predicted octanol–water partition coefficient (Wildman–Crippen LogP) is 0.923. The van der Waals surface area contributed by atoms with Gasteiger partial charge in [0.2, 0.25) is 5.91 Å². The van der Waals surface area contributed by atoms with Crippen LogP contribution in [0.15, 0.2) is 5.10 Å². The Hall–Kier alpha value is -0.710. The van der Waals surface area contributed by atoms with Crippen LogP contribution in [-0.2, 0) is 4.79 Å². The van der Waals surface area contributed by atoms with E-state index in [-0.39, 0.29) is 12.5 Å². The van der Waals surface area contributed by atoms with E-state index in [4.69, 9.17) is 5.73 Å². The van der Waals surface area contributed by atoms with E-state index in [0.29, 0.717) is 5.92 Å². The first-order valence-electron chi connectivity index (χ1n) is 5.23. The Morgan fingerprint density at radius 2 is 2.47 bits per heavy atom. The van der Waals surface area contributed by atoms with Crippen molar-refractivity contribution in [2.24, 2.45) is 16.8 Å². The van der Waals surface area contributed by atoms with Crippen LogP contribution in [0.2, 0.25) is 0 Å². The van der Waals surface area contributed by atoms with E-state index in [2.05, 4.69) is 18.3 Å². The van der Waals surface area contributed by atoms with Crippen LogP contribution in [0.4, 0.5) is 0 Å². The number of hydrogen-bond acceptors (Lipinski definition) is 4. The Labute approximate surface area is 95.3 Å². The molecule has 1 amide bonds. The van der Waals surface area contributed by atoms with E-state index >= 15 is 0 Å². The van der Waals surface area contributed by atoms with Crippen molar-refractivity contribution in [3.05, 3.63) is 0 Å². The smallest absolute Gasteiger partial charge is 0.238 e. The topological polar surface area (TPSA) is 58.7 Å². The highest BCUT2D eigenvalue weighted by Gasteiger charge is 2.22. The summed E-state index contributed by atoms with van der Waals surface area (Å²) in [6, 6.07) is 0. The molecule has 0 saturated carbocycles. The number of amides is 1. The third-order valence-corrected chi connectivity index (χ3v) is 3.14. The summed E-state index contributed by atoms with van der Waals surface area (Å²) in [6.45, 7) is 3.23. The maximum atomic E-state index is 10.7. The van der Waals surface area contributed by atoms with Crippen LogP contribution in [0.25, 0.3) is 0 Å². The molecule has 0 saturated heterocycles. The summed E-state index contributed by atoms with van der Waals surface area (Å²) >= 11 is 1.85. The van der Waals surface area contributed by atoms with Gasteiger partial charge >= 0.3 is 0 Å². The molecule has 1 heterocycles. The normalized spacial score (nSPS) is 20.5. The summed E-state index contributed by atoms with van der Waals surface area (Å²) in [4.78, 5) is 10.7. The zero-order valence-electron chi connectivity index (χ0n) is 9.40. The van der Waals surface area contributed by atoms with E-state index in [0.717, 1.165) is 19.4 Å². The maximum Gasteiger partial charge on any atom is 0.238 e. The van der Waals surface area contributed by atoms with Crippen LogP contribution in [0.3, 0.4) is 0 Å². The van der Waals surface area contributed by atoms with Crippen molar-refractivity contribution in [3.63, 3.8) is 0 Å². The number of primary amides is 1. The second-order valence-electron chi connectivity index (χ2n) is 3.90. The van der Waals surface area contributed by atoms with Crippen LogP contribution < -0.4 is 5.73 Å². The summed E-state index contributed by atoms with van der Waals surface area (Å²) < 4.78 is 0. The molecular weight excluding hydrogens is 210 g/mol. The molecule has 0 aromatic rings. The van der Waals surface area contributed by atoms with Crippen molar-refractivity contribution in [1.82, 2.24) is 5.01 Å². The van der Waals surface area contributed by atoms with Crippen LogP contribution in [0.5, 0.6) is 0 Å². The standard InChI is InChI=1S/C10H19N3OS/c1-8-6-13(7-10(11)14)12-9(8)4-3-5-15-2/h8H,3-7H2,1-2H3,(H2,11,14). The van der Waals surface area contributed by atoms with Crippen molar-refractivity contribution in [1.29, 1.82) is 0 Å². The van der Waals surface area contributed by atoms with E-state index in [1.165, 1.54) is 11.5 Å². The van der Waals surface area contributed by atoms with E-state index in [1.54, 1.807) is 5.01 Å². The number of rotatable bonds is 6. The molecule has 86 valence electrons. The molecule has 4 nitrogen and oxygen atoms in total. The van der Waals surface area contributed by atoms with Gasteiger partial charge in [-0.3, -0.25) is 9.80 Å². The van der Waals surface area contributed by atoms with Gasteiger partial charge in [-0.15, -0.1) is 0 Å². The average molecular weight is 229 g/mol. The molecule has 0 aromatic heterocycles. The van der Waals surface area contributed by atoms with Crippen molar-refractivity contribution in [2.75, 3.05) is 25.1 Å². The lowest BCUT2D eigenvalue weighted by molar-refractivity contribution is -0.119. The van der Waals surface area contributed by atoms with Gasteiger partial charge in [-0.05, 0) is 24.9 Å². The van der Waals surface area contributed by atoms with Crippen LogP contribution in [-0.4, -0.2) is 41.7 Å². The Morgan fingerprint density at radius 1 is 1.73 bits per heavy atom. The summed E-state index contributed by atoms with van der Waals surface area (Å²) in [5, 5.41) is 6.20. The second-order valence-corrected chi connectivity index (χ2v) is 4.89. The lowest BCUT2D eigenvalue weighted by atomic mass is 10.0. The zero-order chi connectivity index (χ0) is 11.3. The summed E-state index contributed by atoms with van der Waals surface area (Å²) in [5.41, 5.74) is 6.34. The zero-order valence-corrected chi connectivity index (χ0v) is 10.2. The minimum Gasteiger partial charge on any atom is -0.368 e. The highest BCUT2D eigenvalue weighted by Crippen LogP contribution is 2.16. The van der Waals surface area contributed by atoms with Gasteiger partial charge in [-0.1, -0.05) is 6.92 Å². The van der Waals surface area contributed by atoms with Gasteiger partial charge in [-0.25, -0.2) is 0 Å². The largest absolute Gasteiger partial charge is 0.368 e. The Kier molecular flexibility index (Phi) is 4.94. The molecule has 1 rings (SSSR count). The molecule has 15 heavy (non-hydrogen) atoms. The van der Waals surface area contributed by atoms with Gasteiger partial charge in [0.15, 0.2) is 0 Å². The van der Waals surface area contributed by atoms with Gasteiger partial charge in [0.1, 0.15) is 6.54 Å². The Balaban J connectivity index is 2.38. The number of nitrogens with zero attached hydrogens (tertiary/aromatic N) is 2. The molecule has 1 aliphatic heterocycles. The number of hydrazone groups is 1. The average Bonchev–Trinajstić information content (AvgIpc) is 2.46. The van der Waals surface area contributed by atoms with Crippen LogP contribution in [0.1, 0.15) is 19.8 Å². The van der Waals surface area contributed by atoms with Crippen molar-refractivity contribution < 1.29 is 4.79 Å². The van der Waals surface area contributed by atoms with Gasteiger partial charge < -0.3 is 5.73 Å². The van der Waals surface area contributed by atoms with E-state index in [9.17, 15) is 4.79 Å². The lowest BCUT2D eigenvalue weighted by Crippen LogP contribution is -2.29. The summed E-state index contributed by atoms with van der Waals surface area (Å²) in [7, 11) is 0. The molecule has 0 bridgehead atoms. The molecule has 1 atom stereocenters. The molecule has 2 N–H and O–H groups in total. The monoisotopic (exact) mass is 229 g/mol. The number of carbonyl (C=O) groups is 1. The van der Waals surface area contributed by atoms with Gasteiger partial charge in [0.25, 0.3) is 0 Å². The first-order chi connectivity index (χ1) is 7.13. The van der Waals surface area contributed by atoms with Crippen molar-refractivity contribution in [3.8, 4) is 0 Å². The predicted molar refractivity (Wildman–Crippen MR) is 65.0 cm³/mol. The second kappa shape index (κ2) is 6.00. The van der Waals surface area contributed by atoms with Crippen LogP contribution >= 0.6 is 11.8 Å². The fourth-order valence-corrected chi connectivity index (χ4v) is 2.15. The minimum absolute atomic E-state index is 0.246. The lowest BCUT2D eigenvalue weighted by Gasteiger charge is -2.10. The van der Waals surface area contributed by atoms with Crippen LogP contribution in [0, 0.1) is 5.92 Å². The molecule has 0 spiro atoms. The third-order valence-electron chi connectivity index (χ3n) is 2.44. The van der Waals surface area contributed by atoms with Gasteiger partial charge in [0, 0.05) is 18.2 Å². The van der Waals surface area contributed by atoms with Gasteiger partial charge in [-0.2, -0.15) is 16.9 Å². The molecule has 0 aromatic carbocycles. The summed E-state index contributed by atoms with van der Waals surface area (Å²) in [5.74, 6) is 1.32. The third kappa shape index (κ3) is 4.11. The summed E-state index contributed by atoms with van der Waals surface area (Å²) in [6.07, 6.45) is 4.31. The maximum absolute atomic E-state index is 10.7. The minimum atomic E-state index is -0.309. The molecule has 1 unspecified atom stereocenters. The molecular formula is C10H19N3OS.